The molecule has 1 aromatic rings. The molecular formula is C18H30N2O5P2. The summed E-state index contributed by atoms with van der Waals surface area (Å²) in [5.74, 6) is 0.394. The molecule has 2 atom stereocenters. The molecule has 2 unspecified atom stereocenters. The number of nitrogens with one attached hydrogen (secondary N) is 1. The van der Waals surface area contributed by atoms with Gasteiger partial charge in [0.05, 0.1) is 0 Å². The van der Waals surface area contributed by atoms with Gasteiger partial charge in [-0.2, -0.15) is 0 Å². The van der Waals surface area contributed by atoms with Crippen LogP contribution in [0.3, 0.4) is 0 Å². The van der Waals surface area contributed by atoms with E-state index in [-0.39, 0.29) is 12.7 Å². The van der Waals surface area contributed by atoms with E-state index in [2.05, 4.69) is 16.4 Å². The quantitative estimate of drug-likeness (QED) is 0.313. The van der Waals surface area contributed by atoms with Gasteiger partial charge in [0.15, 0.2) is 5.40 Å². The van der Waals surface area contributed by atoms with E-state index in [9.17, 15) is 23.8 Å². The first kappa shape index (κ1) is 23.8. The summed E-state index contributed by atoms with van der Waals surface area (Å²) in [7, 11) is -8.83. The van der Waals surface area contributed by atoms with Crippen LogP contribution in [0.25, 0.3) is 0 Å². The van der Waals surface area contributed by atoms with E-state index >= 15 is 0 Å². The second-order valence-corrected chi connectivity index (χ2v) is 11.6. The predicted molar refractivity (Wildman–Crippen MR) is 110 cm³/mol. The molecule has 0 aliphatic carbocycles. The summed E-state index contributed by atoms with van der Waals surface area (Å²) in [5, 5.41) is 1.08. The van der Waals surface area contributed by atoms with Crippen LogP contribution in [-0.2, 0) is 9.13 Å². The van der Waals surface area contributed by atoms with Crippen molar-refractivity contribution in [2.45, 2.75) is 45.4 Å². The normalized spacial score (nSPS) is 15.7. The van der Waals surface area contributed by atoms with E-state index in [0.29, 0.717) is 12.2 Å². The van der Waals surface area contributed by atoms with Crippen molar-refractivity contribution < 1.29 is 23.8 Å². The minimum Gasteiger partial charge on any atom is -0.369 e. The summed E-state index contributed by atoms with van der Waals surface area (Å²) in [6, 6.07) is 5.04. The van der Waals surface area contributed by atoms with Crippen molar-refractivity contribution in [3.63, 3.8) is 0 Å². The Labute approximate surface area is 161 Å². The van der Waals surface area contributed by atoms with Gasteiger partial charge in [0.25, 0.3) is 0 Å². The van der Waals surface area contributed by atoms with Gasteiger partial charge in [-0.15, -0.1) is 0 Å². The van der Waals surface area contributed by atoms with Crippen LogP contribution in [0.2, 0.25) is 0 Å². The first-order valence-corrected chi connectivity index (χ1v) is 12.4. The second kappa shape index (κ2) is 10.9. The molecule has 0 radical (unpaired) electrons. The van der Waals surface area contributed by atoms with Crippen LogP contribution in [0.1, 0.15) is 40.0 Å². The van der Waals surface area contributed by atoms with E-state index in [0.717, 1.165) is 18.4 Å². The van der Waals surface area contributed by atoms with Gasteiger partial charge in [0, 0.05) is 18.9 Å². The predicted octanol–water partition coefficient (Wildman–Crippen LogP) is 4.35. The minimum atomic E-state index is -4.76. The molecule has 0 aliphatic heterocycles. The van der Waals surface area contributed by atoms with E-state index in [4.69, 9.17) is 0 Å². The third-order valence-electron chi connectivity index (χ3n) is 4.02. The fourth-order valence-corrected chi connectivity index (χ4v) is 6.22. The molecule has 0 aromatic carbocycles. The van der Waals surface area contributed by atoms with Crippen LogP contribution in [0, 0.1) is 0 Å². The van der Waals surface area contributed by atoms with Crippen LogP contribution >= 0.6 is 15.0 Å². The summed E-state index contributed by atoms with van der Waals surface area (Å²) >= 11 is 0. The van der Waals surface area contributed by atoms with Crippen molar-refractivity contribution in [1.29, 1.82) is 0 Å². The molecule has 1 heterocycles. The maximum atomic E-state index is 12.6. The van der Waals surface area contributed by atoms with Crippen molar-refractivity contribution in [3.8, 4) is 0 Å². The molecule has 152 valence electrons. The maximum absolute atomic E-state index is 12.6. The number of pyridine rings is 1. The SMILES string of the molecule is CC(C)=CCC/C(C)=C/CCP(=O)(O)C(CNc1ccccn1)P(=O)(O)O. The molecule has 4 N–H and O–H groups in total. The number of anilines is 1. The highest BCUT2D eigenvalue weighted by molar-refractivity contribution is 7.74. The number of hydrogen-bond donors (Lipinski definition) is 4. The van der Waals surface area contributed by atoms with Crippen molar-refractivity contribution in [2.24, 2.45) is 0 Å². The first-order valence-electron chi connectivity index (χ1n) is 8.83. The average molecular weight is 416 g/mol. The Morgan fingerprint density at radius 2 is 1.85 bits per heavy atom. The van der Waals surface area contributed by atoms with Crippen LogP contribution in [-0.4, -0.2) is 37.8 Å². The molecule has 7 nitrogen and oxygen atoms in total. The van der Waals surface area contributed by atoms with Gasteiger partial charge in [0.1, 0.15) is 5.82 Å². The Balaban J connectivity index is 2.69. The Hall–Kier alpha value is -1.23. The first-order chi connectivity index (χ1) is 12.5. The molecule has 0 spiro atoms. The second-order valence-electron chi connectivity index (χ2n) is 6.80. The highest BCUT2D eigenvalue weighted by Gasteiger charge is 2.43. The van der Waals surface area contributed by atoms with Crippen LogP contribution in [0.4, 0.5) is 5.82 Å². The van der Waals surface area contributed by atoms with Gasteiger partial charge >= 0.3 is 7.60 Å². The molecule has 1 rings (SSSR count). The number of nitrogens with zero attached hydrogens (tertiary/aromatic N) is 1. The topological polar surface area (TPSA) is 120 Å². The van der Waals surface area contributed by atoms with Gasteiger partial charge < -0.3 is 20.0 Å². The molecule has 9 heteroatoms. The summed E-state index contributed by atoms with van der Waals surface area (Å²) < 4.78 is 24.4. The lowest BCUT2D eigenvalue weighted by atomic mass is 10.1. The average Bonchev–Trinajstić information content (AvgIpc) is 2.54. The van der Waals surface area contributed by atoms with Crippen molar-refractivity contribution in [2.75, 3.05) is 18.0 Å². The summed E-state index contributed by atoms with van der Waals surface area (Å²) in [6.07, 6.45) is 7.40. The number of rotatable bonds is 11. The fraction of sp³-hybridized carbons (Fsp3) is 0.500. The Kier molecular flexibility index (Phi) is 9.65. The highest BCUT2D eigenvalue weighted by Crippen LogP contribution is 2.62. The molecule has 0 fully saturated rings. The fourth-order valence-electron chi connectivity index (χ4n) is 2.50. The Morgan fingerprint density at radius 3 is 2.41 bits per heavy atom. The largest absolute Gasteiger partial charge is 0.369 e. The number of hydrogen-bond acceptors (Lipinski definition) is 4. The third-order valence-corrected chi connectivity index (χ3v) is 8.98. The smallest absolute Gasteiger partial charge is 0.340 e. The lowest BCUT2D eigenvalue weighted by Gasteiger charge is -2.24. The van der Waals surface area contributed by atoms with E-state index in [1.54, 1.807) is 18.2 Å². The van der Waals surface area contributed by atoms with E-state index < -0.39 is 20.4 Å². The molecular weight excluding hydrogens is 386 g/mol. The molecule has 0 saturated carbocycles. The van der Waals surface area contributed by atoms with E-state index in [1.165, 1.54) is 11.8 Å². The summed E-state index contributed by atoms with van der Waals surface area (Å²) in [6.45, 7) is 5.69. The maximum Gasteiger partial charge on any atom is 0.340 e. The molecule has 0 amide bonds. The van der Waals surface area contributed by atoms with Crippen LogP contribution in [0.15, 0.2) is 47.7 Å². The lowest BCUT2D eigenvalue weighted by molar-refractivity contribution is 0.364. The van der Waals surface area contributed by atoms with Gasteiger partial charge in [0.2, 0.25) is 7.37 Å². The van der Waals surface area contributed by atoms with Crippen molar-refractivity contribution in [1.82, 2.24) is 4.98 Å². The summed E-state index contributed by atoms with van der Waals surface area (Å²) in [4.78, 5) is 33.4. The van der Waals surface area contributed by atoms with E-state index in [1.807, 2.05) is 26.8 Å². The molecule has 0 bridgehead atoms. The zero-order valence-electron chi connectivity index (χ0n) is 16.1. The molecule has 1 aromatic heterocycles. The number of allylic oxidation sites excluding steroid dienone is 4. The van der Waals surface area contributed by atoms with Crippen LogP contribution < -0.4 is 5.32 Å². The van der Waals surface area contributed by atoms with Crippen molar-refractivity contribution in [3.05, 3.63) is 47.7 Å². The van der Waals surface area contributed by atoms with Gasteiger partial charge in [-0.3, -0.25) is 9.13 Å². The Bertz CT molecular complexity index is 739. The molecule has 0 aliphatic rings. The molecule has 0 saturated heterocycles. The lowest BCUT2D eigenvalue weighted by Crippen LogP contribution is -2.22. The number of aromatic nitrogens is 1. The monoisotopic (exact) mass is 416 g/mol. The third kappa shape index (κ3) is 9.50. The Morgan fingerprint density at radius 1 is 1.15 bits per heavy atom. The summed E-state index contributed by atoms with van der Waals surface area (Å²) in [5.41, 5.74) is 2.33. The zero-order chi connectivity index (χ0) is 20.5. The molecule has 27 heavy (non-hydrogen) atoms. The van der Waals surface area contributed by atoms with Crippen LogP contribution in [0.5, 0.6) is 0 Å². The van der Waals surface area contributed by atoms with Gasteiger partial charge in [-0.05, 0) is 52.2 Å². The van der Waals surface area contributed by atoms with Crippen molar-refractivity contribution >= 4 is 20.8 Å². The minimum absolute atomic E-state index is 0.174. The zero-order valence-corrected chi connectivity index (χ0v) is 17.9. The van der Waals surface area contributed by atoms with Gasteiger partial charge in [-0.1, -0.05) is 29.4 Å². The standard InChI is InChI=1S/C18H30N2O5P2/c1-15(2)8-6-9-16(3)10-7-13-26(21,22)18(27(23,24)25)14-20-17-11-4-5-12-19-17/h4-5,8,10-12,18H,6-7,9,13-14H2,1-3H3,(H,19,20)(H,21,22)(H2,23,24,25)/b16-10+. The van der Waals surface area contributed by atoms with Gasteiger partial charge in [-0.25, -0.2) is 4.98 Å². The highest BCUT2D eigenvalue weighted by atomic mass is 31.2.